The number of rotatable bonds is 5. The molecular weight excluding hydrogens is 317 g/mol. The zero-order valence-electron chi connectivity index (χ0n) is 15.4. The molecule has 0 N–H and O–H groups in total. The minimum Gasteiger partial charge on any atom is -0.439 e. The number of methoxy groups -OCH3 is 1. The molecule has 6 heteroatoms. The molecule has 0 bridgehead atoms. The first-order chi connectivity index (χ1) is 11.8. The Kier molecular flexibility index (Phi) is 4.87. The van der Waals surface area contributed by atoms with Crippen LogP contribution in [0.5, 0.6) is 11.6 Å². The third-order valence-electron chi connectivity index (χ3n) is 4.70. The van der Waals surface area contributed by atoms with Gasteiger partial charge in [0, 0.05) is 13.2 Å². The predicted molar refractivity (Wildman–Crippen MR) is 97.2 cm³/mol. The standard InChI is InChI=1S/C19H24BNO4/c1-18(2)19(3,4)25-20(24-18)14-9-11-16(12-10-14)23-17-8-6-7-15(21-17)13-22-5/h6-12H,13H2,1-5H3. The summed E-state index contributed by atoms with van der Waals surface area (Å²) in [7, 11) is 1.27. The van der Waals surface area contributed by atoms with Gasteiger partial charge in [-0.3, -0.25) is 0 Å². The first kappa shape index (κ1) is 17.9. The molecule has 1 fully saturated rings. The summed E-state index contributed by atoms with van der Waals surface area (Å²) in [6.45, 7) is 8.64. The number of aromatic nitrogens is 1. The summed E-state index contributed by atoms with van der Waals surface area (Å²) in [5.41, 5.74) is 1.10. The molecule has 0 saturated carbocycles. The molecule has 0 atom stereocenters. The van der Waals surface area contributed by atoms with Crippen LogP contribution >= 0.6 is 0 Å². The van der Waals surface area contributed by atoms with Gasteiger partial charge in [0.05, 0.1) is 23.5 Å². The van der Waals surface area contributed by atoms with Crippen LogP contribution in [0.4, 0.5) is 0 Å². The molecular formula is C19H24BNO4. The second kappa shape index (κ2) is 6.79. The first-order valence-corrected chi connectivity index (χ1v) is 8.39. The van der Waals surface area contributed by atoms with Gasteiger partial charge in [-0.05, 0) is 51.4 Å². The van der Waals surface area contributed by atoms with Crippen molar-refractivity contribution in [3.05, 3.63) is 48.2 Å². The van der Waals surface area contributed by atoms with E-state index in [2.05, 4.69) is 4.98 Å². The molecule has 1 aromatic carbocycles. The molecule has 3 rings (SSSR count). The van der Waals surface area contributed by atoms with E-state index in [0.717, 1.165) is 11.2 Å². The highest BCUT2D eigenvalue weighted by Crippen LogP contribution is 2.36. The van der Waals surface area contributed by atoms with E-state index < -0.39 is 0 Å². The molecule has 1 aliphatic rings. The van der Waals surface area contributed by atoms with Gasteiger partial charge in [-0.15, -0.1) is 0 Å². The molecule has 5 nitrogen and oxygen atoms in total. The maximum atomic E-state index is 6.06. The lowest BCUT2D eigenvalue weighted by Gasteiger charge is -2.32. The second-order valence-corrected chi connectivity index (χ2v) is 7.16. The smallest absolute Gasteiger partial charge is 0.439 e. The van der Waals surface area contributed by atoms with Crippen molar-refractivity contribution in [1.82, 2.24) is 4.98 Å². The molecule has 1 saturated heterocycles. The molecule has 25 heavy (non-hydrogen) atoms. The zero-order valence-corrected chi connectivity index (χ0v) is 15.4. The highest BCUT2D eigenvalue weighted by molar-refractivity contribution is 6.62. The van der Waals surface area contributed by atoms with E-state index in [0.29, 0.717) is 18.2 Å². The van der Waals surface area contributed by atoms with Gasteiger partial charge < -0.3 is 18.8 Å². The van der Waals surface area contributed by atoms with E-state index in [1.807, 2.05) is 70.2 Å². The van der Waals surface area contributed by atoms with Crippen molar-refractivity contribution in [3.8, 4) is 11.6 Å². The molecule has 1 aliphatic heterocycles. The van der Waals surface area contributed by atoms with Gasteiger partial charge in [-0.1, -0.05) is 18.2 Å². The molecule has 0 unspecified atom stereocenters. The Labute approximate surface area is 149 Å². The van der Waals surface area contributed by atoms with Crippen molar-refractivity contribution in [2.45, 2.75) is 45.5 Å². The van der Waals surface area contributed by atoms with Crippen LogP contribution in [-0.4, -0.2) is 30.4 Å². The molecule has 0 radical (unpaired) electrons. The Morgan fingerprint density at radius 2 is 1.60 bits per heavy atom. The molecule has 132 valence electrons. The van der Waals surface area contributed by atoms with Crippen LogP contribution in [0.3, 0.4) is 0 Å². The lowest BCUT2D eigenvalue weighted by atomic mass is 9.79. The van der Waals surface area contributed by atoms with Crippen LogP contribution in [0.1, 0.15) is 33.4 Å². The highest BCUT2D eigenvalue weighted by atomic mass is 16.7. The summed E-state index contributed by atoms with van der Waals surface area (Å²) in [5, 5.41) is 0. The average Bonchev–Trinajstić information content (AvgIpc) is 2.77. The van der Waals surface area contributed by atoms with E-state index in [1.165, 1.54) is 0 Å². The fourth-order valence-corrected chi connectivity index (χ4v) is 2.54. The summed E-state index contributed by atoms with van der Waals surface area (Å²) in [6, 6.07) is 13.3. The molecule has 2 aromatic rings. The molecule has 2 heterocycles. The quantitative estimate of drug-likeness (QED) is 0.781. The minimum atomic E-state index is -0.373. The van der Waals surface area contributed by atoms with Crippen LogP contribution in [0.15, 0.2) is 42.5 Å². The zero-order chi connectivity index (χ0) is 18.1. The van der Waals surface area contributed by atoms with Crippen LogP contribution in [-0.2, 0) is 20.7 Å². The average molecular weight is 341 g/mol. The summed E-state index contributed by atoms with van der Waals surface area (Å²) in [6.07, 6.45) is 0. The highest BCUT2D eigenvalue weighted by Gasteiger charge is 2.51. The predicted octanol–water partition coefficient (Wildman–Crippen LogP) is 3.32. The maximum absolute atomic E-state index is 6.06. The lowest BCUT2D eigenvalue weighted by Crippen LogP contribution is -2.41. The summed E-state index contributed by atoms with van der Waals surface area (Å²) < 4.78 is 23.0. The van der Waals surface area contributed by atoms with E-state index in [1.54, 1.807) is 7.11 Å². The van der Waals surface area contributed by atoms with Gasteiger partial charge in [0.15, 0.2) is 0 Å². The number of nitrogens with zero attached hydrogens (tertiary/aromatic N) is 1. The Balaban J connectivity index is 1.70. The van der Waals surface area contributed by atoms with Gasteiger partial charge >= 0.3 is 7.12 Å². The lowest BCUT2D eigenvalue weighted by molar-refractivity contribution is 0.00578. The molecule has 0 amide bonds. The maximum Gasteiger partial charge on any atom is 0.494 e. The van der Waals surface area contributed by atoms with E-state index in [-0.39, 0.29) is 18.3 Å². The van der Waals surface area contributed by atoms with Crippen LogP contribution in [0, 0.1) is 0 Å². The number of benzene rings is 1. The normalized spacial score (nSPS) is 18.4. The topological polar surface area (TPSA) is 49.8 Å². The molecule has 0 spiro atoms. The Hall–Kier alpha value is -1.89. The second-order valence-electron chi connectivity index (χ2n) is 7.16. The monoisotopic (exact) mass is 341 g/mol. The van der Waals surface area contributed by atoms with Crippen molar-refractivity contribution < 1.29 is 18.8 Å². The van der Waals surface area contributed by atoms with Gasteiger partial charge in [-0.25, -0.2) is 4.98 Å². The summed E-state index contributed by atoms with van der Waals surface area (Å²) in [4.78, 5) is 4.40. The summed E-state index contributed by atoms with van der Waals surface area (Å²) >= 11 is 0. The Bertz CT molecular complexity index is 714. The van der Waals surface area contributed by atoms with Gasteiger partial charge in [0.1, 0.15) is 5.75 Å². The van der Waals surface area contributed by atoms with Crippen molar-refractivity contribution >= 4 is 12.6 Å². The molecule has 1 aromatic heterocycles. The third-order valence-corrected chi connectivity index (χ3v) is 4.70. The fraction of sp³-hybridized carbons (Fsp3) is 0.421. The van der Waals surface area contributed by atoms with Crippen LogP contribution < -0.4 is 10.2 Å². The SMILES string of the molecule is COCc1cccc(Oc2ccc(B3OC(C)(C)C(C)(C)O3)cc2)n1. The van der Waals surface area contributed by atoms with Gasteiger partial charge in [0.2, 0.25) is 5.88 Å². The number of ether oxygens (including phenoxy) is 2. The minimum absolute atomic E-state index is 0.349. The van der Waals surface area contributed by atoms with Crippen LogP contribution in [0.25, 0.3) is 0 Å². The first-order valence-electron chi connectivity index (χ1n) is 8.39. The van der Waals surface area contributed by atoms with E-state index >= 15 is 0 Å². The van der Waals surface area contributed by atoms with Gasteiger partial charge in [0.25, 0.3) is 0 Å². The third kappa shape index (κ3) is 3.87. The van der Waals surface area contributed by atoms with Crippen molar-refractivity contribution in [1.29, 1.82) is 0 Å². The number of hydrogen-bond donors (Lipinski definition) is 0. The van der Waals surface area contributed by atoms with Crippen molar-refractivity contribution in [2.24, 2.45) is 0 Å². The molecule has 0 aliphatic carbocycles. The van der Waals surface area contributed by atoms with E-state index in [9.17, 15) is 0 Å². The Morgan fingerprint density at radius 3 is 2.20 bits per heavy atom. The van der Waals surface area contributed by atoms with Gasteiger partial charge in [-0.2, -0.15) is 0 Å². The number of pyridine rings is 1. The van der Waals surface area contributed by atoms with E-state index in [4.69, 9.17) is 18.8 Å². The Morgan fingerprint density at radius 1 is 0.960 bits per heavy atom. The summed E-state index contributed by atoms with van der Waals surface area (Å²) in [5.74, 6) is 1.25. The largest absolute Gasteiger partial charge is 0.494 e. The van der Waals surface area contributed by atoms with Crippen LogP contribution in [0.2, 0.25) is 0 Å². The van der Waals surface area contributed by atoms with Crippen molar-refractivity contribution in [2.75, 3.05) is 7.11 Å². The fourth-order valence-electron chi connectivity index (χ4n) is 2.54. The number of hydrogen-bond acceptors (Lipinski definition) is 5. The van der Waals surface area contributed by atoms with Crippen molar-refractivity contribution in [3.63, 3.8) is 0 Å².